The molecule has 0 unspecified atom stereocenters. The lowest BCUT2D eigenvalue weighted by Gasteiger charge is -2.29. The highest BCUT2D eigenvalue weighted by molar-refractivity contribution is 4.99. The fourth-order valence-electron chi connectivity index (χ4n) is 2.48. The van der Waals surface area contributed by atoms with Gasteiger partial charge in [0.05, 0.1) is 12.2 Å². The first-order chi connectivity index (χ1) is 8.43. The van der Waals surface area contributed by atoms with E-state index in [9.17, 15) is 5.11 Å². The Morgan fingerprint density at radius 3 is 1.72 bits per heavy atom. The summed E-state index contributed by atoms with van der Waals surface area (Å²) in [6.45, 7) is 12.9. The molecule has 0 atom stereocenters. The van der Waals surface area contributed by atoms with Crippen LogP contribution in [0.3, 0.4) is 0 Å². The lowest BCUT2D eigenvalue weighted by Crippen LogP contribution is -2.41. The van der Waals surface area contributed by atoms with Gasteiger partial charge < -0.3 is 9.84 Å². The summed E-state index contributed by atoms with van der Waals surface area (Å²) in [5, 5.41) is 9.19. The molecule has 2 aliphatic heterocycles. The average Bonchev–Trinajstić information content (AvgIpc) is 2.90. The Kier molecular flexibility index (Phi) is 8.08. The van der Waals surface area contributed by atoms with Gasteiger partial charge in [-0.1, -0.05) is 13.8 Å². The summed E-state index contributed by atoms with van der Waals surface area (Å²) in [5.74, 6) is 0. The van der Waals surface area contributed by atoms with E-state index in [2.05, 4.69) is 4.90 Å². The van der Waals surface area contributed by atoms with Crippen molar-refractivity contribution in [1.29, 1.82) is 0 Å². The Balaban J connectivity index is 0.000000315. The zero-order chi connectivity index (χ0) is 14.2. The van der Waals surface area contributed by atoms with Crippen LogP contribution in [-0.2, 0) is 4.74 Å². The molecule has 2 heterocycles. The third-order valence-electron chi connectivity index (χ3n) is 3.72. The van der Waals surface area contributed by atoms with Gasteiger partial charge >= 0.3 is 0 Å². The van der Waals surface area contributed by atoms with Gasteiger partial charge in [0.25, 0.3) is 0 Å². The molecule has 0 aromatic carbocycles. The summed E-state index contributed by atoms with van der Waals surface area (Å²) in [6, 6.07) is 0. The second-order valence-corrected chi connectivity index (χ2v) is 5.89. The zero-order valence-corrected chi connectivity index (χ0v) is 13.3. The van der Waals surface area contributed by atoms with Crippen LogP contribution in [0.1, 0.15) is 60.3 Å². The highest BCUT2D eigenvalue weighted by Gasteiger charge is 2.43. The van der Waals surface area contributed by atoms with Crippen LogP contribution in [0, 0.1) is 0 Å². The normalized spacial score (nSPS) is 21.5. The highest BCUT2D eigenvalue weighted by atomic mass is 16.5. The van der Waals surface area contributed by atoms with Crippen molar-refractivity contribution in [3.8, 4) is 0 Å². The number of aliphatic hydroxyl groups is 1. The van der Waals surface area contributed by atoms with Gasteiger partial charge in [-0.15, -0.1) is 0 Å². The van der Waals surface area contributed by atoms with E-state index in [4.69, 9.17) is 4.74 Å². The smallest absolute Gasteiger partial charge is 0.0615 e. The first-order valence-corrected chi connectivity index (χ1v) is 7.35. The second-order valence-electron chi connectivity index (χ2n) is 5.89. The van der Waals surface area contributed by atoms with Crippen molar-refractivity contribution in [2.24, 2.45) is 0 Å². The van der Waals surface area contributed by atoms with Gasteiger partial charge in [-0.2, -0.15) is 0 Å². The van der Waals surface area contributed by atoms with E-state index in [1.165, 1.54) is 38.8 Å². The molecule has 2 rings (SSSR count). The van der Waals surface area contributed by atoms with Gasteiger partial charge in [0.15, 0.2) is 0 Å². The molecule has 1 N–H and O–H groups in total. The maximum absolute atomic E-state index is 9.19. The third-order valence-corrected chi connectivity index (χ3v) is 3.72. The molecule has 2 aliphatic rings. The number of aliphatic hydroxyl groups excluding tert-OH is 1. The van der Waals surface area contributed by atoms with Crippen LogP contribution in [0.2, 0.25) is 0 Å². The van der Waals surface area contributed by atoms with Gasteiger partial charge in [0.1, 0.15) is 0 Å². The Morgan fingerprint density at radius 2 is 1.50 bits per heavy atom. The van der Waals surface area contributed by atoms with Crippen molar-refractivity contribution < 1.29 is 9.84 Å². The Hall–Kier alpha value is -0.120. The van der Waals surface area contributed by atoms with E-state index in [1.807, 2.05) is 34.6 Å². The lowest BCUT2D eigenvalue weighted by molar-refractivity contribution is 0.0397. The lowest BCUT2D eigenvalue weighted by atomic mass is 9.96. The van der Waals surface area contributed by atoms with Crippen molar-refractivity contribution in [1.82, 2.24) is 4.90 Å². The number of rotatable bonds is 1. The standard InChI is InChI=1S/C8H15NO.C5H12O.C2H6/c10-7-8-3-1-5-9(8)6-2-4-8;1-5(2,3)6-4;1-2/h10H,1-7H2;1-4H3;1-2H3. The van der Waals surface area contributed by atoms with Gasteiger partial charge in [-0.05, 0) is 59.5 Å². The maximum Gasteiger partial charge on any atom is 0.0615 e. The first kappa shape index (κ1) is 17.9. The van der Waals surface area contributed by atoms with E-state index in [-0.39, 0.29) is 11.1 Å². The predicted octanol–water partition coefficient (Wildman–Crippen LogP) is 3.06. The van der Waals surface area contributed by atoms with Gasteiger partial charge in [-0.25, -0.2) is 0 Å². The molecular weight excluding hydrogens is 226 g/mol. The molecule has 0 aromatic heterocycles. The minimum absolute atomic E-state index is 0.0417. The molecule has 0 amide bonds. The number of ether oxygens (including phenoxy) is 1. The predicted molar refractivity (Wildman–Crippen MR) is 78.0 cm³/mol. The maximum atomic E-state index is 9.19. The summed E-state index contributed by atoms with van der Waals surface area (Å²) in [5.41, 5.74) is 0.278. The van der Waals surface area contributed by atoms with Crippen LogP contribution >= 0.6 is 0 Å². The van der Waals surface area contributed by atoms with E-state index in [1.54, 1.807) is 7.11 Å². The molecule has 0 spiro atoms. The fraction of sp³-hybridized carbons (Fsp3) is 1.00. The fourth-order valence-corrected chi connectivity index (χ4v) is 2.48. The SMILES string of the molecule is CC.COC(C)(C)C.OCC12CCCN1CCC2. The van der Waals surface area contributed by atoms with E-state index in [0.29, 0.717) is 6.61 Å². The number of methoxy groups -OCH3 is 1. The molecule has 0 radical (unpaired) electrons. The molecule has 0 bridgehead atoms. The van der Waals surface area contributed by atoms with Crippen molar-refractivity contribution in [3.05, 3.63) is 0 Å². The molecule has 2 saturated heterocycles. The monoisotopic (exact) mass is 259 g/mol. The second kappa shape index (κ2) is 8.13. The van der Waals surface area contributed by atoms with Crippen molar-refractivity contribution in [2.45, 2.75) is 71.4 Å². The average molecular weight is 259 g/mol. The third kappa shape index (κ3) is 5.25. The summed E-state index contributed by atoms with van der Waals surface area (Å²) in [7, 11) is 1.71. The van der Waals surface area contributed by atoms with Crippen LogP contribution < -0.4 is 0 Å². The van der Waals surface area contributed by atoms with Crippen LogP contribution in [0.15, 0.2) is 0 Å². The molecule has 0 aliphatic carbocycles. The van der Waals surface area contributed by atoms with Crippen molar-refractivity contribution in [2.75, 3.05) is 26.8 Å². The van der Waals surface area contributed by atoms with Crippen LogP contribution in [0.4, 0.5) is 0 Å². The quantitative estimate of drug-likeness (QED) is 0.785. The van der Waals surface area contributed by atoms with Gasteiger partial charge in [0, 0.05) is 12.6 Å². The highest BCUT2D eigenvalue weighted by Crippen LogP contribution is 2.37. The number of hydrogen-bond donors (Lipinski definition) is 1. The van der Waals surface area contributed by atoms with Crippen LogP contribution in [-0.4, -0.2) is 48.0 Å². The number of hydrogen-bond acceptors (Lipinski definition) is 3. The van der Waals surface area contributed by atoms with E-state index in [0.717, 1.165) is 0 Å². The van der Waals surface area contributed by atoms with Crippen molar-refractivity contribution in [3.63, 3.8) is 0 Å². The molecule has 3 nitrogen and oxygen atoms in total. The topological polar surface area (TPSA) is 32.7 Å². The zero-order valence-electron chi connectivity index (χ0n) is 13.3. The molecular formula is C15H33NO2. The van der Waals surface area contributed by atoms with Gasteiger partial charge in [-0.3, -0.25) is 4.90 Å². The minimum Gasteiger partial charge on any atom is -0.394 e. The Morgan fingerprint density at radius 1 is 1.11 bits per heavy atom. The summed E-state index contributed by atoms with van der Waals surface area (Å²) in [4.78, 5) is 2.47. The molecule has 2 fully saturated rings. The Labute approximate surface area is 114 Å². The summed E-state index contributed by atoms with van der Waals surface area (Å²) in [6.07, 6.45) is 5.04. The number of fused-ring (bicyclic) bond motifs is 1. The van der Waals surface area contributed by atoms with Gasteiger partial charge in [0.2, 0.25) is 0 Å². The minimum atomic E-state index is 0.0417. The molecule has 0 aromatic rings. The molecule has 18 heavy (non-hydrogen) atoms. The molecule has 0 saturated carbocycles. The summed E-state index contributed by atoms with van der Waals surface area (Å²) >= 11 is 0. The number of nitrogens with zero attached hydrogens (tertiary/aromatic N) is 1. The largest absolute Gasteiger partial charge is 0.394 e. The Bertz CT molecular complexity index is 201. The van der Waals surface area contributed by atoms with Crippen LogP contribution in [0.25, 0.3) is 0 Å². The van der Waals surface area contributed by atoms with Crippen LogP contribution in [0.5, 0.6) is 0 Å². The summed E-state index contributed by atoms with van der Waals surface area (Å²) < 4.78 is 4.94. The van der Waals surface area contributed by atoms with Crippen molar-refractivity contribution >= 4 is 0 Å². The van der Waals surface area contributed by atoms with E-state index < -0.39 is 0 Å². The molecule has 3 heteroatoms. The van der Waals surface area contributed by atoms with E-state index >= 15 is 0 Å². The molecule has 110 valence electrons. The first-order valence-electron chi connectivity index (χ1n) is 7.35.